The molecule has 138 valence electrons. The number of carbonyl (C=O) groups excluding carboxylic acids is 1. The van der Waals surface area contributed by atoms with Crippen LogP contribution in [0.1, 0.15) is 11.1 Å². The summed E-state index contributed by atoms with van der Waals surface area (Å²) in [5, 5.41) is 2.89. The van der Waals surface area contributed by atoms with Crippen LogP contribution in [0.5, 0.6) is 0 Å². The zero-order chi connectivity index (χ0) is 18.8. The Bertz CT molecular complexity index is 833. The highest BCUT2D eigenvalue weighted by Gasteiger charge is 2.25. The second-order valence-corrected chi connectivity index (χ2v) is 6.35. The standard InChI is InChI=1S/C19H20F3N3O/c1-12-4-3-5-15(13(12)2)23-19(26)25-10-8-24(9-11-25)16-7-6-14(20)17(21)18(16)22/h3-7H,8-11H2,1-2H3,(H,23,26). The van der Waals surface area contributed by atoms with E-state index in [0.29, 0.717) is 26.2 Å². The Hall–Kier alpha value is -2.70. The van der Waals surface area contributed by atoms with Crippen molar-refractivity contribution < 1.29 is 18.0 Å². The molecule has 1 saturated heterocycles. The van der Waals surface area contributed by atoms with Gasteiger partial charge in [0.05, 0.1) is 5.69 Å². The SMILES string of the molecule is Cc1cccc(NC(=O)N2CCN(c3ccc(F)c(F)c3F)CC2)c1C. The Morgan fingerprint density at radius 3 is 2.35 bits per heavy atom. The van der Waals surface area contributed by atoms with Gasteiger partial charge in [-0.15, -0.1) is 0 Å². The van der Waals surface area contributed by atoms with E-state index in [2.05, 4.69) is 5.32 Å². The number of piperazine rings is 1. The normalized spacial score (nSPS) is 14.5. The molecular formula is C19H20F3N3O. The topological polar surface area (TPSA) is 35.6 Å². The van der Waals surface area contributed by atoms with Crippen LogP contribution in [0.3, 0.4) is 0 Å². The molecule has 26 heavy (non-hydrogen) atoms. The van der Waals surface area contributed by atoms with Gasteiger partial charge in [0, 0.05) is 31.9 Å². The number of carbonyl (C=O) groups is 1. The van der Waals surface area contributed by atoms with E-state index in [1.807, 2.05) is 32.0 Å². The number of amides is 2. The van der Waals surface area contributed by atoms with Crippen molar-refractivity contribution in [3.8, 4) is 0 Å². The lowest BCUT2D eigenvalue weighted by Gasteiger charge is -2.36. The van der Waals surface area contributed by atoms with Crippen LogP contribution in [0.2, 0.25) is 0 Å². The minimum atomic E-state index is -1.47. The van der Waals surface area contributed by atoms with Gasteiger partial charge in [-0.2, -0.15) is 0 Å². The molecule has 7 heteroatoms. The number of benzene rings is 2. The van der Waals surface area contributed by atoms with Gasteiger partial charge >= 0.3 is 6.03 Å². The Morgan fingerprint density at radius 2 is 1.65 bits per heavy atom. The lowest BCUT2D eigenvalue weighted by atomic mass is 10.1. The van der Waals surface area contributed by atoms with E-state index in [1.54, 1.807) is 9.80 Å². The first kappa shape index (κ1) is 18.1. The summed E-state index contributed by atoms with van der Waals surface area (Å²) in [6.07, 6.45) is 0. The van der Waals surface area contributed by atoms with E-state index in [9.17, 15) is 18.0 Å². The zero-order valence-electron chi connectivity index (χ0n) is 14.7. The second-order valence-electron chi connectivity index (χ2n) is 6.35. The maximum Gasteiger partial charge on any atom is 0.321 e. The molecule has 3 rings (SSSR count). The quantitative estimate of drug-likeness (QED) is 0.817. The summed E-state index contributed by atoms with van der Waals surface area (Å²) >= 11 is 0. The third kappa shape index (κ3) is 3.47. The van der Waals surface area contributed by atoms with Gasteiger partial charge in [0.1, 0.15) is 0 Å². The van der Waals surface area contributed by atoms with Gasteiger partial charge in [-0.1, -0.05) is 12.1 Å². The lowest BCUT2D eigenvalue weighted by molar-refractivity contribution is 0.208. The zero-order valence-corrected chi connectivity index (χ0v) is 14.7. The molecule has 0 bridgehead atoms. The molecule has 0 saturated carbocycles. The predicted molar refractivity (Wildman–Crippen MR) is 95.0 cm³/mol. The van der Waals surface area contributed by atoms with E-state index in [0.717, 1.165) is 22.9 Å². The number of nitrogens with one attached hydrogen (secondary N) is 1. The molecule has 4 nitrogen and oxygen atoms in total. The highest BCUT2D eigenvalue weighted by Crippen LogP contribution is 2.25. The number of aryl methyl sites for hydroxylation is 1. The van der Waals surface area contributed by atoms with Gasteiger partial charge in [0.25, 0.3) is 0 Å². The molecule has 1 aliphatic rings. The van der Waals surface area contributed by atoms with Gasteiger partial charge in [0.15, 0.2) is 17.5 Å². The number of hydrogen-bond acceptors (Lipinski definition) is 2. The maximum absolute atomic E-state index is 13.9. The minimum Gasteiger partial charge on any atom is -0.366 e. The second kappa shape index (κ2) is 7.27. The van der Waals surface area contributed by atoms with Crippen LogP contribution in [0.4, 0.5) is 29.3 Å². The molecule has 0 aliphatic carbocycles. The van der Waals surface area contributed by atoms with Crippen LogP contribution in [0.15, 0.2) is 30.3 Å². The van der Waals surface area contributed by atoms with Gasteiger partial charge < -0.3 is 15.1 Å². The summed E-state index contributed by atoms with van der Waals surface area (Å²) < 4.78 is 40.4. The van der Waals surface area contributed by atoms with Gasteiger partial charge in [0.2, 0.25) is 0 Å². The number of rotatable bonds is 2. The molecule has 0 unspecified atom stereocenters. The summed E-state index contributed by atoms with van der Waals surface area (Å²) in [5.41, 5.74) is 2.85. The van der Waals surface area contributed by atoms with Crippen molar-refractivity contribution in [1.29, 1.82) is 0 Å². The number of nitrogens with zero attached hydrogens (tertiary/aromatic N) is 2. The fraction of sp³-hybridized carbons (Fsp3) is 0.316. The first-order chi connectivity index (χ1) is 12.4. The number of anilines is 2. The number of urea groups is 1. The van der Waals surface area contributed by atoms with Crippen LogP contribution >= 0.6 is 0 Å². The fourth-order valence-electron chi connectivity index (χ4n) is 2.99. The van der Waals surface area contributed by atoms with Crippen LogP contribution < -0.4 is 10.2 Å². The van der Waals surface area contributed by atoms with E-state index in [-0.39, 0.29) is 11.7 Å². The van der Waals surface area contributed by atoms with E-state index >= 15 is 0 Å². The lowest BCUT2D eigenvalue weighted by Crippen LogP contribution is -2.50. The molecule has 2 aromatic rings. The van der Waals surface area contributed by atoms with Crippen LogP contribution in [-0.4, -0.2) is 37.1 Å². The average Bonchev–Trinajstić information content (AvgIpc) is 2.64. The van der Waals surface area contributed by atoms with E-state index in [4.69, 9.17) is 0 Å². The predicted octanol–water partition coefficient (Wildman–Crippen LogP) is 4.07. The molecule has 0 atom stereocenters. The van der Waals surface area contributed by atoms with Crippen molar-refractivity contribution in [2.24, 2.45) is 0 Å². The highest BCUT2D eigenvalue weighted by atomic mass is 19.2. The van der Waals surface area contributed by atoms with Crippen molar-refractivity contribution in [3.63, 3.8) is 0 Å². The third-order valence-corrected chi connectivity index (χ3v) is 4.77. The Kier molecular flexibility index (Phi) is 5.06. The fourth-order valence-corrected chi connectivity index (χ4v) is 2.99. The van der Waals surface area contributed by atoms with Crippen molar-refractivity contribution in [2.75, 3.05) is 36.4 Å². The van der Waals surface area contributed by atoms with Gasteiger partial charge in [-0.3, -0.25) is 0 Å². The smallest absolute Gasteiger partial charge is 0.321 e. The summed E-state index contributed by atoms with van der Waals surface area (Å²) in [6, 6.07) is 7.59. The largest absolute Gasteiger partial charge is 0.366 e. The molecule has 0 aromatic heterocycles. The summed E-state index contributed by atoms with van der Waals surface area (Å²) in [5.74, 6) is -3.88. The summed E-state index contributed by atoms with van der Waals surface area (Å²) in [7, 11) is 0. The van der Waals surface area contributed by atoms with Crippen molar-refractivity contribution in [2.45, 2.75) is 13.8 Å². The van der Waals surface area contributed by atoms with Crippen LogP contribution in [0.25, 0.3) is 0 Å². The van der Waals surface area contributed by atoms with Gasteiger partial charge in [-0.25, -0.2) is 18.0 Å². The Labute approximate surface area is 150 Å². The summed E-state index contributed by atoms with van der Waals surface area (Å²) in [4.78, 5) is 15.7. The molecule has 0 radical (unpaired) electrons. The summed E-state index contributed by atoms with van der Waals surface area (Å²) in [6.45, 7) is 5.30. The van der Waals surface area contributed by atoms with Crippen LogP contribution in [-0.2, 0) is 0 Å². The molecule has 1 aliphatic heterocycles. The minimum absolute atomic E-state index is 0.0125. The molecule has 1 heterocycles. The Morgan fingerprint density at radius 1 is 0.962 bits per heavy atom. The molecule has 2 aromatic carbocycles. The Balaban J connectivity index is 1.64. The molecule has 1 fully saturated rings. The van der Waals surface area contributed by atoms with Crippen molar-refractivity contribution >= 4 is 17.4 Å². The highest BCUT2D eigenvalue weighted by molar-refractivity contribution is 5.90. The van der Waals surface area contributed by atoms with E-state index in [1.165, 1.54) is 6.07 Å². The molecule has 2 amide bonds. The van der Waals surface area contributed by atoms with E-state index < -0.39 is 17.5 Å². The third-order valence-electron chi connectivity index (χ3n) is 4.77. The monoisotopic (exact) mass is 363 g/mol. The first-order valence-electron chi connectivity index (χ1n) is 8.39. The van der Waals surface area contributed by atoms with Crippen molar-refractivity contribution in [3.05, 3.63) is 58.9 Å². The van der Waals surface area contributed by atoms with Crippen LogP contribution in [0, 0.1) is 31.3 Å². The number of halogens is 3. The maximum atomic E-state index is 13.9. The molecule has 1 N–H and O–H groups in total. The average molecular weight is 363 g/mol. The molecular weight excluding hydrogens is 343 g/mol. The molecule has 0 spiro atoms. The first-order valence-corrected chi connectivity index (χ1v) is 8.39. The van der Waals surface area contributed by atoms with Crippen molar-refractivity contribution in [1.82, 2.24) is 4.90 Å². The number of hydrogen-bond donors (Lipinski definition) is 1. The van der Waals surface area contributed by atoms with Gasteiger partial charge in [-0.05, 0) is 43.2 Å².